The highest BCUT2D eigenvalue weighted by atomic mass is 32.2. The van der Waals surface area contributed by atoms with Crippen LogP contribution in [0, 0.1) is 5.92 Å². The topological polar surface area (TPSA) is 72.9 Å². The van der Waals surface area contributed by atoms with Gasteiger partial charge >= 0.3 is 6.09 Å². The van der Waals surface area contributed by atoms with E-state index in [2.05, 4.69) is 4.18 Å². The zero-order valence-corrected chi connectivity index (χ0v) is 12.8. The van der Waals surface area contributed by atoms with Crippen molar-refractivity contribution in [3.05, 3.63) is 0 Å². The molecule has 7 heteroatoms. The van der Waals surface area contributed by atoms with Crippen molar-refractivity contribution in [2.45, 2.75) is 39.2 Å². The van der Waals surface area contributed by atoms with Gasteiger partial charge in [-0.15, -0.1) is 0 Å². The van der Waals surface area contributed by atoms with E-state index in [1.165, 1.54) is 7.11 Å². The van der Waals surface area contributed by atoms with Crippen molar-refractivity contribution in [3.63, 3.8) is 0 Å². The molecule has 0 aliphatic carbocycles. The molecular formula is C12H23NO5S. The van der Waals surface area contributed by atoms with Crippen molar-refractivity contribution >= 4 is 16.2 Å². The van der Waals surface area contributed by atoms with Crippen LogP contribution >= 0.6 is 0 Å². The lowest BCUT2D eigenvalue weighted by molar-refractivity contribution is -0.00218. The molecule has 1 fully saturated rings. The van der Waals surface area contributed by atoms with Gasteiger partial charge in [0.25, 0.3) is 10.1 Å². The fraction of sp³-hybridized carbons (Fsp3) is 0.917. The molecule has 0 aromatic rings. The number of carbonyl (C=O) groups is 1. The number of amides is 1. The maximum absolute atomic E-state index is 11.7. The molecule has 0 radical (unpaired) electrons. The largest absolute Gasteiger partial charge is 0.444 e. The van der Waals surface area contributed by atoms with Crippen LogP contribution in [0.4, 0.5) is 4.79 Å². The molecule has 0 saturated carbocycles. The van der Waals surface area contributed by atoms with Crippen molar-refractivity contribution in [3.8, 4) is 0 Å². The standard InChI is InChI=1S/C12H23NO5S/c1-12(2,3)18-11(14)13-8-10(9-13)6-5-7-19(15,16)17-4/h10H,5-9H2,1-4H3. The van der Waals surface area contributed by atoms with Crippen LogP contribution in [0.2, 0.25) is 0 Å². The van der Waals surface area contributed by atoms with Gasteiger partial charge in [0.2, 0.25) is 0 Å². The molecule has 0 aromatic heterocycles. The monoisotopic (exact) mass is 293 g/mol. The van der Waals surface area contributed by atoms with Crippen LogP contribution in [0.5, 0.6) is 0 Å². The van der Waals surface area contributed by atoms with E-state index in [0.717, 1.165) is 6.42 Å². The molecule has 112 valence electrons. The van der Waals surface area contributed by atoms with Crippen molar-refractivity contribution in [2.24, 2.45) is 5.92 Å². The highest BCUT2D eigenvalue weighted by Gasteiger charge is 2.33. The van der Waals surface area contributed by atoms with Gasteiger partial charge in [-0.3, -0.25) is 4.18 Å². The maximum Gasteiger partial charge on any atom is 0.410 e. The van der Waals surface area contributed by atoms with Gasteiger partial charge < -0.3 is 9.64 Å². The lowest BCUT2D eigenvalue weighted by Gasteiger charge is -2.39. The maximum atomic E-state index is 11.7. The van der Waals surface area contributed by atoms with Gasteiger partial charge in [-0.2, -0.15) is 8.42 Å². The Bertz CT molecular complexity index is 406. The Morgan fingerprint density at radius 3 is 2.37 bits per heavy atom. The summed E-state index contributed by atoms with van der Waals surface area (Å²) >= 11 is 0. The number of rotatable bonds is 5. The molecule has 6 nitrogen and oxygen atoms in total. The van der Waals surface area contributed by atoms with E-state index in [4.69, 9.17) is 4.74 Å². The van der Waals surface area contributed by atoms with Crippen molar-refractivity contribution in [1.82, 2.24) is 4.90 Å². The van der Waals surface area contributed by atoms with Crippen LogP contribution < -0.4 is 0 Å². The number of hydrogen-bond donors (Lipinski definition) is 0. The van der Waals surface area contributed by atoms with E-state index in [0.29, 0.717) is 25.4 Å². The Hall–Kier alpha value is -0.820. The average molecular weight is 293 g/mol. The number of hydrogen-bond acceptors (Lipinski definition) is 5. The van der Waals surface area contributed by atoms with Crippen molar-refractivity contribution in [2.75, 3.05) is 26.0 Å². The Balaban J connectivity index is 2.19. The molecule has 1 saturated heterocycles. The SMILES string of the molecule is COS(=O)(=O)CCCC1CN(C(=O)OC(C)(C)C)C1. The molecule has 1 aliphatic rings. The minimum Gasteiger partial charge on any atom is -0.444 e. The van der Waals surface area contributed by atoms with E-state index in [1.54, 1.807) is 4.90 Å². The van der Waals surface area contributed by atoms with Crippen LogP contribution in [0.15, 0.2) is 0 Å². The summed E-state index contributed by atoms with van der Waals surface area (Å²) in [4.78, 5) is 13.3. The Morgan fingerprint density at radius 1 is 1.32 bits per heavy atom. The molecule has 0 bridgehead atoms. The van der Waals surface area contributed by atoms with E-state index >= 15 is 0 Å². The van der Waals surface area contributed by atoms with Crippen LogP contribution in [-0.4, -0.2) is 51.0 Å². The van der Waals surface area contributed by atoms with E-state index in [-0.39, 0.29) is 11.8 Å². The second-order valence-corrected chi connectivity index (χ2v) is 7.68. The first-order chi connectivity index (χ1) is 8.63. The van der Waals surface area contributed by atoms with Gasteiger partial charge in [0.1, 0.15) is 5.60 Å². The number of likely N-dealkylation sites (tertiary alicyclic amines) is 1. The van der Waals surface area contributed by atoms with E-state index < -0.39 is 15.7 Å². The lowest BCUT2D eigenvalue weighted by Crippen LogP contribution is -2.51. The van der Waals surface area contributed by atoms with Crippen LogP contribution in [0.3, 0.4) is 0 Å². The normalized spacial score (nSPS) is 17.2. The number of nitrogens with zero attached hydrogens (tertiary/aromatic N) is 1. The number of ether oxygens (including phenoxy) is 1. The molecule has 0 spiro atoms. The third-order valence-corrected chi connectivity index (χ3v) is 4.17. The smallest absolute Gasteiger partial charge is 0.410 e. The fourth-order valence-corrected chi connectivity index (χ4v) is 2.55. The van der Waals surface area contributed by atoms with Crippen molar-refractivity contribution in [1.29, 1.82) is 0 Å². The molecule has 0 atom stereocenters. The Morgan fingerprint density at radius 2 is 1.89 bits per heavy atom. The fourth-order valence-electron chi connectivity index (χ4n) is 1.86. The second kappa shape index (κ2) is 6.09. The molecule has 0 unspecified atom stereocenters. The minimum absolute atomic E-state index is 0.0342. The van der Waals surface area contributed by atoms with Crippen molar-refractivity contribution < 1.29 is 22.1 Å². The van der Waals surface area contributed by atoms with Crippen LogP contribution in [0.25, 0.3) is 0 Å². The summed E-state index contributed by atoms with van der Waals surface area (Å²) in [6, 6.07) is 0. The van der Waals surface area contributed by atoms with Gasteiger partial charge in [0, 0.05) is 13.1 Å². The summed E-state index contributed by atoms with van der Waals surface area (Å²) in [6.45, 7) is 6.78. The third-order valence-electron chi connectivity index (χ3n) is 2.87. The molecule has 0 aromatic carbocycles. The van der Waals surface area contributed by atoms with E-state index in [9.17, 15) is 13.2 Å². The zero-order chi connectivity index (χ0) is 14.7. The molecule has 0 N–H and O–H groups in total. The number of carbonyl (C=O) groups excluding carboxylic acids is 1. The predicted octanol–water partition coefficient (Wildman–Crippen LogP) is 1.61. The van der Waals surface area contributed by atoms with Gasteiger partial charge in [0.05, 0.1) is 12.9 Å². The van der Waals surface area contributed by atoms with Gasteiger partial charge in [-0.1, -0.05) is 0 Å². The molecule has 19 heavy (non-hydrogen) atoms. The Kier molecular flexibility index (Phi) is 5.20. The van der Waals surface area contributed by atoms with Gasteiger partial charge in [-0.25, -0.2) is 4.79 Å². The van der Waals surface area contributed by atoms with Gasteiger partial charge in [0.15, 0.2) is 0 Å². The first-order valence-electron chi connectivity index (χ1n) is 6.39. The molecule has 1 aliphatic heterocycles. The molecular weight excluding hydrogens is 270 g/mol. The zero-order valence-electron chi connectivity index (χ0n) is 12.0. The molecule has 1 amide bonds. The quantitative estimate of drug-likeness (QED) is 0.720. The van der Waals surface area contributed by atoms with Gasteiger partial charge in [-0.05, 0) is 39.5 Å². The van der Waals surface area contributed by atoms with E-state index in [1.807, 2.05) is 20.8 Å². The summed E-state index contributed by atoms with van der Waals surface area (Å²) in [5, 5.41) is 0. The summed E-state index contributed by atoms with van der Waals surface area (Å²) < 4.78 is 31.8. The average Bonchev–Trinajstić information content (AvgIpc) is 2.18. The molecule has 1 rings (SSSR count). The highest BCUT2D eigenvalue weighted by Crippen LogP contribution is 2.23. The van der Waals surface area contributed by atoms with Crippen LogP contribution in [0.1, 0.15) is 33.6 Å². The van der Waals surface area contributed by atoms with Crippen LogP contribution in [-0.2, 0) is 19.0 Å². The summed E-state index contributed by atoms with van der Waals surface area (Å²) in [5.74, 6) is 0.395. The lowest BCUT2D eigenvalue weighted by atomic mass is 9.96. The Labute approximate surface area is 115 Å². The summed E-state index contributed by atoms with van der Waals surface area (Å²) in [6.07, 6.45) is 1.04. The second-order valence-electron chi connectivity index (χ2n) is 5.82. The summed E-state index contributed by atoms with van der Waals surface area (Å²) in [5.41, 5.74) is -0.477. The first-order valence-corrected chi connectivity index (χ1v) is 7.97. The third kappa shape index (κ3) is 5.78. The minimum atomic E-state index is -3.36. The highest BCUT2D eigenvalue weighted by molar-refractivity contribution is 7.86. The predicted molar refractivity (Wildman–Crippen MR) is 71.3 cm³/mol. The first kappa shape index (κ1) is 16.2. The summed E-state index contributed by atoms with van der Waals surface area (Å²) in [7, 11) is -2.19. The molecule has 1 heterocycles.